The third kappa shape index (κ3) is 4.56. The molecule has 3 aromatic rings. The standard InChI is InChI=1S/C22H24N6O2S.H2/c1-13-3-6-18(17-5-4-15(10-25-17)21-24-7-8-31-21)28(12-13)22(30)20(29)27-16-9-14(2)19(23)26-11-16;/h4-5,7-11,13,18H,3,6,12H2,1-2H3,(H2,23,26)(H,27,29);1H/t13-,18+;/m1./s1. The Labute approximate surface area is 186 Å². The Bertz CT molecular complexity index is 1090. The first-order chi connectivity index (χ1) is 14.9. The zero-order chi connectivity index (χ0) is 22.0. The largest absolute Gasteiger partial charge is 0.383 e. The van der Waals surface area contributed by atoms with E-state index in [2.05, 4.69) is 27.2 Å². The van der Waals surface area contributed by atoms with Crippen LogP contribution in [-0.2, 0) is 9.59 Å². The van der Waals surface area contributed by atoms with E-state index in [1.54, 1.807) is 41.6 Å². The Balaban J connectivity index is 0.00000289. The third-order valence-corrected chi connectivity index (χ3v) is 6.28. The molecule has 0 aliphatic carbocycles. The van der Waals surface area contributed by atoms with Gasteiger partial charge in [0.15, 0.2) is 0 Å². The van der Waals surface area contributed by atoms with Crippen LogP contribution in [0.25, 0.3) is 10.6 Å². The molecule has 1 fully saturated rings. The van der Waals surface area contributed by atoms with E-state index in [1.165, 1.54) is 6.20 Å². The Kier molecular flexibility index (Phi) is 5.94. The van der Waals surface area contributed by atoms with E-state index in [4.69, 9.17) is 5.73 Å². The number of pyridine rings is 2. The highest BCUT2D eigenvalue weighted by Gasteiger charge is 2.35. The van der Waals surface area contributed by atoms with Crippen LogP contribution in [0.15, 0.2) is 42.2 Å². The van der Waals surface area contributed by atoms with Gasteiger partial charge in [-0.05, 0) is 49.4 Å². The topological polar surface area (TPSA) is 114 Å². The average Bonchev–Trinajstić information content (AvgIpc) is 3.31. The summed E-state index contributed by atoms with van der Waals surface area (Å²) < 4.78 is 0. The third-order valence-electron chi connectivity index (χ3n) is 5.46. The van der Waals surface area contributed by atoms with Gasteiger partial charge in [-0.2, -0.15) is 0 Å². The summed E-state index contributed by atoms with van der Waals surface area (Å²) in [6, 6.07) is 5.34. The molecule has 0 radical (unpaired) electrons. The molecule has 4 rings (SSSR count). The summed E-state index contributed by atoms with van der Waals surface area (Å²) in [6.45, 7) is 4.38. The van der Waals surface area contributed by atoms with Crippen molar-refractivity contribution in [2.24, 2.45) is 5.92 Å². The first kappa shape index (κ1) is 20.9. The van der Waals surface area contributed by atoms with E-state index >= 15 is 0 Å². The number of carbonyl (C=O) groups is 2. The first-order valence-corrected chi connectivity index (χ1v) is 11.0. The number of aromatic nitrogens is 3. The molecule has 0 aromatic carbocycles. The van der Waals surface area contributed by atoms with E-state index in [0.29, 0.717) is 24.0 Å². The number of likely N-dealkylation sites (tertiary alicyclic amines) is 1. The number of aryl methyl sites for hydroxylation is 1. The molecule has 0 bridgehead atoms. The number of nitrogens with zero attached hydrogens (tertiary/aromatic N) is 4. The Hall–Kier alpha value is -3.33. The van der Waals surface area contributed by atoms with Crippen LogP contribution < -0.4 is 11.1 Å². The number of amides is 2. The van der Waals surface area contributed by atoms with Gasteiger partial charge in [0.05, 0.1) is 23.6 Å². The minimum Gasteiger partial charge on any atom is -0.383 e. The summed E-state index contributed by atoms with van der Waals surface area (Å²) in [5, 5.41) is 5.46. The molecule has 4 heterocycles. The number of anilines is 2. The molecule has 31 heavy (non-hydrogen) atoms. The van der Waals surface area contributed by atoms with Gasteiger partial charge in [-0.15, -0.1) is 11.3 Å². The van der Waals surface area contributed by atoms with Crippen LogP contribution in [0.5, 0.6) is 0 Å². The van der Waals surface area contributed by atoms with Crippen molar-refractivity contribution in [2.75, 3.05) is 17.6 Å². The SMILES string of the molecule is Cc1cc(NC(=O)C(=O)N2C[C@H](C)CC[C@H]2c2ccc(-c3nccs3)cn2)cnc1N.[HH]. The highest BCUT2D eigenvalue weighted by molar-refractivity contribution is 7.13. The molecular formula is C22H26N6O2S. The summed E-state index contributed by atoms with van der Waals surface area (Å²) in [4.78, 5) is 40.3. The first-order valence-electron chi connectivity index (χ1n) is 10.1. The summed E-state index contributed by atoms with van der Waals surface area (Å²) >= 11 is 1.55. The minimum absolute atomic E-state index is 0. The maximum absolute atomic E-state index is 13.1. The van der Waals surface area contributed by atoms with Crippen molar-refractivity contribution in [2.45, 2.75) is 32.7 Å². The van der Waals surface area contributed by atoms with E-state index < -0.39 is 11.8 Å². The predicted molar refractivity (Wildman–Crippen MR) is 122 cm³/mol. The quantitative estimate of drug-likeness (QED) is 0.603. The van der Waals surface area contributed by atoms with Gasteiger partial charge >= 0.3 is 11.8 Å². The average molecular weight is 439 g/mol. The van der Waals surface area contributed by atoms with E-state index in [-0.39, 0.29) is 7.47 Å². The van der Waals surface area contributed by atoms with Crippen molar-refractivity contribution in [1.82, 2.24) is 19.9 Å². The molecule has 0 spiro atoms. The number of hydrogen-bond acceptors (Lipinski definition) is 7. The van der Waals surface area contributed by atoms with Crippen LogP contribution in [-0.4, -0.2) is 38.2 Å². The van der Waals surface area contributed by atoms with Gasteiger partial charge in [0.2, 0.25) is 0 Å². The van der Waals surface area contributed by atoms with Gasteiger partial charge in [0.1, 0.15) is 10.8 Å². The van der Waals surface area contributed by atoms with Crippen LogP contribution in [0.2, 0.25) is 0 Å². The zero-order valence-electron chi connectivity index (χ0n) is 17.4. The second-order valence-electron chi connectivity index (χ2n) is 7.85. The van der Waals surface area contributed by atoms with Gasteiger partial charge in [-0.1, -0.05) is 6.92 Å². The fraction of sp³-hybridized carbons (Fsp3) is 0.318. The number of nitrogens with two attached hydrogens (primary N) is 1. The highest BCUT2D eigenvalue weighted by atomic mass is 32.1. The Morgan fingerprint density at radius 2 is 2.06 bits per heavy atom. The molecule has 9 heteroatoms. The zero-order valence-corrected chi connectivity index (χ0v) is 18.2. The number of nitrogens with one attached hydrogen (secondary N) is 1. The number of carbonyl (C=O) groups excluding carboxylic acids is 2. The van der Waals surface area contributed by atoms with Crippen molar-refractivity contribution in [3.63, 3.8) is 0 Å². The van der Waals surface area contributed by atoms with Crippen molar-refractivity contribution >= 4 is 34.7 Å². The number of piperidine rings is 1. The van der Waals surface area contributed by atoms with E-state index in [1.807, 2.05) is 17.5 Å². The molecule has 0 unspecified atom stereocenters. The maximum Gasteiger partial charge on any atom is 0.313 e. The highest BCUT2D eigenvalue weighted by Crippen LogP contribution is 2.33. The van der Waals surface area contributed by atoms with Gasteiger partial charge < -0.3 is 16.0 Å². The smallest absolute Gasteiger partial charge is 0.313 e. The fourth-order valence-corrected chi connectivity index (χ4v) is 4.38. The second kappa shape index (κ2) is 8.81. The van der Waals surface area contributed by atoms with E-state index in [9.17, 15) is 9.59 Å². The number of thiazole rings is 1. The lowest BCUT2D eigenvalue weighted by Gasteiger charge is -2.38. The van der Waals surface area contributed by atoms with Crippen LogP contribution in [0, 0.1) is 12.8 Å². The lowest BCUT2D eigenvalue weighted by molar-refractivity contribution is -0.146. The molecule has 162 valence electrons. The maximum atomic E-state index is 13.1. The van der Waals surface area contributed by atoms with Gasteiger partial charge in [-0.25, -0.2) is 9.97 Å². The normalized spacial score (nSPS) is 18.6. The Morgan fingerprint density at radius 3 is 2.74 bits per heavy atom. The van der Waals surface area contributed by atoms with E-state index in [0.717, 1.165) is 34.7 Å². The number of nitrogen functional groups attached to an aromatic ring is 1. The van der Waals surface area contributed by atoms with Crippen molar-refractivity contribution in [3.05, 3.63) is 53.4 Å². The van der Waals surface area contributed by atoms with Gasteiger partial charge in [-0.3, -0.25) is 14.6 Å². The predicted octanol–water partition coefficient (Wildman–Crippen LogP) is 3.68. The molecule has 3 aromatic heterocycles. The Morgan fingerprint density at radius 1 is 1.23 bits per heavy atom. The van der Waals surface area contributed by atoms with Crippen molar-refractivity contribution in [3.8, 4) is 10.6 Å². The summed E-state index contributed by atoms with van der Waals surface area (Å²) in [5.74, 6) is -0.564. The van der Waals surface area contributed by atoms with Crippen LogP contribution >= 0.6 is 11.3 Å². The molecule has 8 nitrogen and oxygen atoms in total. The molecular weight excluding hydrogens is 412 g/mol. The lowest BCUT2D eigenvalue weighted by Crippen LogP contribution is -2.46. The van der Waals surface area contributed by atoms with Crippen LogP contribution in [0.4, 0.5) is 11.5 Å². The second-order valence-corrected chi connectivity index (χ2v) is 8.74. The number of hydrogen-bond donors (Lipinski definition) is 2. The fourth-order valence-electron chi connectivity index (χ4n) is 3.75. The number of rotatable bonds is 3. The monoisotopic (exact) mass is 438 g/mol. The van der Waals surface area contributed by atoms with Gasteiger partial charge in [0.25, 0.3) is 0 Å². The summed E-state index contributed by atoms with van der Waals surface area (Å²) in [7, 11) is 0. The summed E-state index contributed by atoms with van der Waals surface area (Å²) in [5.41, 5.74) is 8.62. The summed E-state index contributed by atoms with van der Waals surface area (Å²) in [6.07, 6.45) is 6.70. The molecule has 1 saturated heterocycles. The molecule has 2 atom stereocenters. The van der Waals surface area contributed by atoms with Crippen molar-refractivity contribution in [1.29, 1.82) is 0 Å². The lowest BCUT2D eigenvalue weighted by atomic mass is 9.92. The minimum atomic E-state index is -0.690. The van der Waals surface area contributed by atoms with Gasteiger partial charge in [0, 0.05) is 31.3 Å². The van der Waals surface area contributed by atoms with Crippen LogP contribution in [0.1, 0.15) is 38.5 Å². The van der Waals surface area contributed by atoms with Crippen LogP contribution in [0.3, 0.4) is 0 Å². The molecule has 1 aliphatic heterocycles. The molecule has 3 N–H and O–H groups in total. The molecule has 1 aliphatic rings. The molecule has 0 saturated carbocycles. The molecule has 2 amide bonds. The van der Waals surface area contributed by atoms with Crippen molar-refractivity contribution < 1.29 is 11.0 Å².